The summed E-state index contributed by atoms with van der Waals surface area (Å²) in [4.78, 5) is 16.7. The average Bonchev–Trinajstić information content (AvgIpc) is 3.59. The second kappa shape index (κ2) is 9.66. The van der Waals surface area contributed by atoms with E-state index in [1.54, 1.807) is 30.5 Å². The van der Waals surface area contributed by atoms with Crippen LogP contribution < -0.4 is 5.32 Å². The minimum absolute atomic E-state index is 0.176. The molecule has 1 aliphatic heterocycles. The number of halogens is 1. The van der Waals surface area contributed by atoms with Crippen LogP contribution in [0.5, 0.6) is 5.75 Å². The maximum absolute atomic E-state index is 15.4. The van der Waals surface area contributed by atoms with Crippen molar-refractivity contribution in [3.8, 4) is 28.4 Å². The molecule has 0 atom stereocenters. The molecule has 5 rings (SSSR count). The summed E-state index contributed by atoms with van der Waals surface area (Å²) >= 11 is 0. The number of imidazole rings is 1. The zero-order valence-corrected chi connectivity index (χ0v) is 18.3. The van der Waals surface area contributed by atoms with Gasteiger partial charge in [0.1, 0.15) is 17.0 Å². The molecule has 0 saturated heterocycles. The lowest BCUT2D eigenvalue weighted by atomic mass is 9.96. The highest BCUT2D eigenvalue weighted by Gasteiger charge is 2.19. The van der Waals surface area contributed by atoms with Crippen LogP contribution in [0.3, 0.4) is 0 Å². The first-order valence-electron chi connectivity index (χ1n) is 10.5. The molecule has 0 amide bonds. The summed E-state index contributed by atoms with van der Waals surface area (Å²) in [5.74, 6) is 0.413. The van der Waals surface area contributed by atoms with Crippen molar-refractivity contribution in [1.82, 2.24) is 25.5 Å². The molecule has 0 bridgehead atoms. The Morgan fingerprint density at radius 3 is 2.73 bits per heavy atom. The normalized spacial score (nSPS) is 12.9. The SMILES string of the molecule is CCc1cc(O)ccc1-c1ccc2c(-c3ncc(C4=CCNC4)[nH]3)[nH]nc2c1F.COC=O. The molecule has 0 radical (unpaired) electrons. The zero-order valence-electron chi connectivity index (χ0n) is 18.3. The van der Waals surface area contributed by atoms with Crippen LogP contribution in [-0.4, -0.2) is 51.9 Å². The molecule has 0 aliphatic carbocycles. The van der Waals surface area contributed by atoms with Crippen LogP contribution >= 0.6 is 0 Å². The molecule has 9 heteroatoms. The molecule has 3 heterocycles. The lowest BCUT2D eigenvalue weighted by Crippen LogP contribution is -2.07. The number of aromatic nitrogens is 4. The summed E-state index contributed by atoms with van der Waals surface area (Å²) in [7, 11) is 1.31. The molecule has 33 heavy (non-hydrogen) atoms. The van der Waals surface area contributed by atoms with E-state index < -0.39 is 0 Å². The van der Waals surface area contributed by atoms with E-state index in [1.807, 2.05) is 13.0 Å². The van der Waals surface area contributed by atoms with E-state index in [2.05, 4.69) is 36.3 Å². The third-order valence-electron chi connectivity index (χ3n) is 5.49. The van der Waals surface area contributed by atoms with Crippen molar-refractivity contribution in [2.45, 2.75) is 13.3 Å². The number of fused-ring (bicyclic) bond motifs is 1. The number of hydrogen-bond donors (Lipinski definition) is 4. The lowest BCUT2D eigenvalue weighted by Gasteiger charge is -2.10. The zero-order chi connectivity index (χ0) is 23.4. The molecule has 0 saturated carbocycles. The predicted octanol–water partition coefficient (Wildman–Crippen LogP) is 3.80. The Balaban J connectivity index is 0.000000601. The van der Waals surface area contributed by atoms with Crippen LogP contribution in [0.4, 0.5) is 4.39 Å². The number of phenolic OH excluding ortho intramolecular Hbond substituents is 1. The second-order valence-corrected chi connectivity index (χ2v) is 7.45. The molecule has 1 aliphatic rings. The van der Waals surface area contributed by atoms with E-state index in [-0.39, 0.29) is 17.1 Å². The van der Waals surface area contributed by atoms with Gasteiger partial charge in [-0.3, -0.25) is 9.89 Å². The van der Waals surface area contributed by atoms with Gasteiger partial charge in [-0.25, -0.2) is 9.37 Å². The van der Waals surface area contributed by atoms with Crippen LogP contribution in [0.1, 0.15) is 18.2 Å². The highest BCUT2D eigenvalue weighted by atomic mass is 19.1. The standard InChI is InChI=1S/C22H20FN5O.C2H4O2/c1-2-12-9-14(29)3-4-15(12)16-5-6-17-20(19(16)23)27-28-21(17)22-25-11-18(26-22)13-7-8-24-10-13;1-4-2-3/h3-7,9,11,24,29H,2,8,10H2,1H3,(H,25,26)(H,27,28);2H,1H3. The van der Waals surface area contributed by atoms with Gasteiger partial charge >= 0.3 is 0 Å². The Morgan fingerprint density at radius 1 is 1.24 bits per heavy atom. The van der Waals surface area contributed by atoms with E-state index in [1.165, 1.54) is 12.7 Å². The maximum atomic E-state index is 15.4. The summed E-state index contributed by atoms with van der Waals surface area (Å²) in [5, 5.41) is 20.8. The predicted molar refractivity (Wildman–Crippen MR) is 124 cm³/mol. The summed E-state index contributed by atoms with van der Waals surface area (Å²) in [6, 6.07) is 8.61. The highest BCUT2D eigenvalue weighted by molar-refractivity contribution is 5.95. The Morgan fingerprint density at radius 2 is 2.03 bits per heavy atom. The van der Waals surface area contributed by atoms with Gasteiger partial charge in [0, 0.05) is 24.0 Å². The quantitative estimate of drug-likeness (QED) is 0.345. The van der Waals surface area contributed by atoms with Gasteiger partial charge in [-0.15, -0.1) is 0 Å². The molecule has 0 fully saturated rings. The van der Waals surface area contributed by atoms with Crippen molar-refractivity contribution in [1.29, 1.82) is 0 Å². The molecule has 0 unspecified atom stereocenters. The Labute approximate surface area is 189 Å². The Hall–Kier alpha value is -3.98. The van der Waals surface area contributed by atoms with Crippen molar-refractivity contribution < 1.29 is 19.0 Å². The number of aryl methyl sites for hydroxylation is 1. The highest BCUT2D eigenvalue weighted by Crippen LogP contribution is 2.35. The molecule has 2 aromatic carbocycles. The van der Waals surface area contributed by atoms with Crippen molar-refractivity contribution in [2.24, 2.45) is 0 Å². The van der Waals surface area contributed by atoms with Crippen molar-refractivity contribution in [3.05, 3.63) is 59.7 Å². The van der Waals surface area contributed by atoms with E-state index >= 15 is 4.39 Å². The fourth-order valence-electron chi connectivity index (χ4n) is 3.86. The monoisotopic (exact) mass is 449 g/mol. The van der Waals surface area contributed by atoms with Gasteiger partial charge in [0.2, 0.25) is 0 Å². The molecule has 170 valence electrons. The molecule has 0 spiro atoms. The van der Waals surface area contributed by atoms with E-state index in [0.717, 1.165) is 29.9 Å². The number of nitrogens with zero attached hydrogens (tertiary/aromatic N) is 2. The average molecular weight is 449 g/mol. The number of ether oxygens (including phenoxy) is 1. The number of methoxy groups -OCH3 is 1. The van der Waals surface area contributed by atoms with Crippen LogP contribution in [0.2, 0.25) is 0 Å². The van der Waals surface area contributed by atoms with Gasteiger partial charge in [-0.05, 0) is 41.3 Å². The molecule has 8 nitrogen and oxygen atoms in total. The fraction of sp³-hybridized carbons (Fsp3) is 0.208. The van der Waals surface area contributed by atoms with Gasteiger partial charge in [0.15, 0.2) is 11.6 Å². The number of carbonyl (C=O) groups excluding carboxylic acids is 1. The first kappa shape index (κ1) is 22.2. The smallest absolute Gasteiger partial charge is 0.292 e. The van der Waals surface area contributed by atoms with E-state index in [4.69, 9.17) is 4.79 Å². The van der Waals surface area contributed by atoms with Crippen LogP contribution in [0, 0.1) is 5.82 Å². The third kappa shape index (κ3) is 4.35. The van der Waals surface area contributed by atoms with Crippen LogP contribution in [-0.2, 0) is 16.0 Å². The molecule has 4 aromatic rings. The van der Waals surface area contributed by atoms with Gasteiger partial charge in [0.25, 0.3) is 6.47 Å². The molecule has 4 N–H and O–H groups in total. The summed E-state index contributed by atoms with van der Waals surface area (Å²) in [6.07, 6.45) is 4.60. The first-order valence-corrected chi connectivity index (χ1v) is 10.5. The Bertz CT molecular complexity index is 1330. The topological polar surface area (TPSA) is 116 Å². The van der Waals surface area contributed by atoms with E-state index in [9.17, 15) is 5.11 Å². The number of carbonyl (C=O) groups is 1. The minimum atomic E-state index is -0.389. The number of phenols is 1. The van der Waals surface area contributed by atoms with Crippen molar-refractivity contribution in [3.63, 3.8) is 0 Å². The number of aromatic hydroxyl groups is 1. The molecular weight excluding hydrogens is 425 g/mol. The third-order valence-corrected chi connectivity index (χ3v) is 5.49. The van der Waals surface area contributed by atoms with Gasteiger partial charge in [-0.2, -0.15) is 5.10 Å². The second-order valence-electron chi connectivity index (χ2n) is 7.45. The first-order chi connectivity index (χ1) is 16.1. The number of rotatable bonds is 5. The molecule has 2 aromatic heterocycles. The summed E-state index contributed by atoms with van der Waals surface area (Å²) in [5.41, 5.74) is 5.15. The lowest BCUT2D eigenvalue weighted by molar-refractivity contribution is -0.126. The van der Waals surface area contributed by atoms with E-state index in [0.29, 0.717) is 35.4 Å². The number of nitrogens with one attached hydrogen (secondary N) is 3. The number of hydrogen-bond acceptors (Lipinski definition) is 6. The van der Waals surface area contributed by atoms with Gasteiger partial charge in [0.05, 0.1) is 19.0 Å². The van der Waals surface area contributed by atoms with Gasteiger partial charge < -0.3 is 20.1 Å². The van der Waals surface area contributed by atoms with Crippen LogP contribution in [0.25, 0.3) is 39.1 Å². The number of H-pyrrole nitrogens is 2. The van der Waals surface area contributed by atoms with Crippen molar-refractivity contribution in [2.75, 3.05) is 20.2 Å². The fourth-order valence-corrected chi connectivity index (χ4v) is 3.86. The largest absolute Gasteiger partial charge is 0.508 e. The summed E-state index contributed by atoms with van der Waals surface area (Å²) < 4.78 is 19.2. The van der Waals surface area contributed by atoms with Crippen LogP contribution in [0.15, 0.2) is 42.6 Å². The molecular formula is C24H24FN5O3. The maximum Gasteiger partial charge on any atom is 0.292 e. The number of aromatic amines is 2. The Kier molecular flexibility index (Phi) is 6.50. The number of benzene rings is 2. The van der Waals surface area contributed by atoms with Gasteiger partial charge in [-0.1, -0.05) is 25.1 Å². The summed E-state index contributed by atoms with van der Waals surface area (Å²) in [6.45, 7) is 4.00. The minimum Gasteiger partial charge on any atom is -0.508 e. The van der Waals surface area contributed by atoms with Crippen molar-refractivity contribution >= 4 is 22.9 Å².